The zero-order valence-corrected chi connectivity index (χ0v) is 33.9. The van der Waals surface area contributed by atoms with Crippen molar-refractivity contribution in [2.45, 2.75) is 103 Å². The largest absolute Gasteiger partial charge is 1.00 e. The van der Waals surface area contributed by atoms with E-state index in [4.69, 9.17) is 4.74 Å². The van der Waals surface area contributed by atoms with Gasteiger partial charge in [0, 0.05) is 47.0 Å². The molecule has 1 aliphatic heterocycles. The molecule has 0 spiro atoms. The van der Waals surface area contributed by atoms with E-state index in [-0.39, 0.29) is 95.1 Å². The molecule has 0 saturated heterocycles. The maximum absolute atomic E-state index is 13.8. The molecule has 0 bridgehead atoms. The Hall–Kier alpha value is -2.13. The van der Waals surface area contributed by atoms with Crippen molar-refractivity contribution < 1.29 is 88.4 Å². The summed E-state index contributed by atoms with van der Waals surface area (Å²) in [5.41, 5.74) is 4.63. The van der Waals surface area contributed by atoms with Crippen LogP contribution in [0.15, 0.2) is 66.7 Å². The van der Waals surface area contributed by atoms with Crippen LogP contribution >= 0.6 is 0 Å². The number of benzene rings is 3. The molecule has 2 unspecified atom stereocenters. The van der Waals surface area contributed by atoms with Gasteiger partial charge in [0.25, 0.3) is 0 Å². The van der Waals surface area contributed by atoms with Crippen LogP contribution < -0.4 is 79.4 Å². The van der Waals surface area contributed by atoms with Crippen molar-refractivity contribution in [3.05, 3.63) is 89.0 Å². The summed E-state index contributed by atoms with van der Waals surface area (Å²) in [5.74, 6) is -1.86. The first kappa shape index (κ1) is 41.3. The van der Waals surface area contributed by atoms with Gasteiger partial charge in [-0.3, -0.25) is 4.79 Å². The zero-order valence-electron chi connectivity index (χ0n) is 29.9. The van der Waals surface area contributed by atoms with Gasteiger partial charge in [-0.15, -0.1) is 0 Å². The first-order valence-corrected chi connectivity index (χ1v) is 17.2. The Bertz CT molecular complexity index is 1530. The number of hydrogen-bond donors (Lipinski definition) is 1. The van der Waals surface area contributed by atoms with Gasteiger partial charge in [-0.05, 0) is 78.7 Å². The Labute approximate surface area is 335 Å². The molecule has 2 atom stereocenters. The molecule has 3 aromatic carbocycles. The number of aliphatic carboxylic acids is 2. The number of carbonyl (C=O) groups is 3. The van der Waals surface area contributed by atoms with Crippen molar-refractivity contribution >= 4 is 23.5 Å². The minimum atomic E-state index is -1.36. The van der Waals surface area contributed by atoms with Crippen LogP contribution in [0.25, 0.3) is 0 Å². The Morgan fingerprint density at radius 1 is 0.878 bits per heavy atom. The number of amides is 1. The van der Waals surface area contributed by atoms with Crippen LogP contribution in [0.2, 0.25) is 0 Å². The maximum Gasteiger partial charge on any atom is 1.00 e. The topological polar surface area (TPSA) is 119 Å². The molecule has 0 radical (unpaired) electrons. The molecule has 49 heavy (non-hydrogen) atoms. The number of para-hydroxylation sites is 2. The third-order valence-corrected chi connectivity index (χ3v) is 9.96. The van der Waals surface area contributed by atoms with E-state index in [9.17, 15) is 24.6 Å². The summed E-state index contributed by atoms with van der Waals surface area (Å²) in [6.07, 6.45) is 8.17. The Morgan fingerprint density at radius 2 is 1.49 bits per heavy atom. The van der Waals surface area contributed by atoms with Gasteiger partial charge in [0.2, 0.25) is 5.91 Å². The Morgan fingerprint density at radius 3 is 2.06 bits per heavy atom. The van der Waals surface area contributed by atoms with E-state index < -0.39 is 24.3 Å². The second kappa shape index (κ2) is 18.9. The zero-order chi connectivity index (χ0) is 33.6. The third-order valence-electron chi connectivity index (χ3n) is 9.96. The number of nitrogens with one attached hydrogen (secondary N) is 1. The first-order valence-electron chi connectivity index (χ1n) is 17.2. The third kappa shape index (κ3) is 11.4. The van der Waals surface area contributed by atoms with Gasteiger partial charge in [-0.2, -0.15) is 0 Å². The number of fused-ring (bicyclic) bond motifs is 2. The van der Waals surface area contributed by atoms with E-state index in [0.717, 1.165) is 65.1 Å². The molecular formula is C40H47NNa2O6. The summed E-state index contributed by atoms with van der Waals surface area (Å²) >= 11 is 0. The number of aryl methyl sites for hydroxylation is 1. The molecule has 1 N–H and O–H groups in total. The van der Waals surface area contributed by atoms with Gasteiger partial charge >= 0.3 is 59.1 Å². The van der Waals surface area contributed by atoms with Crippen LogP contribution in [-0.2, 0) is 26.2 Å². The second-order valence-corrected chi connectivity index (χ2v) is 14.6. The molecule has 250 valence electrons. The molecule has 0 aromatic heterocycles. The summed E-state index contributed by atoms with van der Waals surface area (Å²) in [6.45, 7) is 6.38. The fraction of sp³-hybridized carbons (Fsp3) is 0.475. The van der Waals surface area contributed by atoms with Crippen LogP contribution in [0, 0.1) is 17.8 Å². The number of hydrogen-bond acceptors (Lipinski definition) is 6. The fourth-order valence-corrected chi connectivity index (χ4v) is 7.58. The minimum Gasteiger partial charge on any atom is -0.550 e. The predicted octanol–water partition coefficient (Wildman–Crippen LogP) is 0.674. The summed E-state index contributed by atoms with van der Waals surface area (Å²) < 4.78 is 6.14. The molecular weight excluding hydrogens is 636 g/mol. The van der Waals surface area contributed by atoms with Crippen molar-refractivity contribution in [1.82, 2.24) is 0 Å². The minimum absolute atomic E-state index is 0. The molecule has 7 nitrogen and oxygen atoms in total. The SMILES string of the molecule is CC(C)(C)c1ccc(CCC(CC2CCCCC2)CC(CC(=O)[O-])C(=O)[O-])cc1NC(=O)CC1c2ccccc2Oc2ccccc21.[Na+].[Na+]. The monoisotopic (exact) mass is 683 g/mol. The fourth-order valence-electron chi connectivity index (χ4n) is 7.58. The number of carbonyl (C=O) groups excluding carboxylic acids is 3. The average molecular weight is 684 g/mol. The number of ether oxygens (including phenoxy) is 1. The summed E-state index contributed by atoms with van der Waals surface area (Å²) in [7, 11) is 0. The molecule has 1 amide bonds. The van der Waals surface area contributed by atoms with Gasteiger partial charge < -0.3 is 29.9 Å². The summed E-state index contributed by atoms with van der Waals surface area (Å²) in [4.78, 5) is 36.9. The number of rotatable bonds is 13. The smallest absolute Gasteiger partial charge is 0.550 e. The molecule has 1 saturated carbocycles. The molecule has 5 rings (SSSR count). The van der Waals surface area contributed by atoms with Crippen molar-refractivity contribution in [2.75, 3.05) is 5.32 Å². The number of carboxylic acids is 2. The molecule has 2 aliphatic rings. The number of anilines is 1. The molecule has 1 fully saturated rings. The quantitative estimate of drug-likeness (QED) is 0.265. The number of carboxylic acid groups (broad SMARTS) is 2. The van der Waals surface area contributed by atoms with Gasteiger partial charge in [-0.1, -0.05) is 101 Å². The van der Waals surface area contributed by atoms with Crippen LogP contribution in [0.3, 0.4) is 0 Å². The van der Waals surface area contributed by atoms with Gasteiger partial charge in [-0.25, -0.2) is 0 Å². The van der Waals surface area contributed by atoms with Gasteiger partial charge in [0.05, 0.1) is 0 Å². The van der Waals surface area contributed by atoms with Crippen molar-refractivity contribution in [3.63, 3.8) is 0 Å². The van der Waals surface area contributed by atoms with E-state index in [0.29, 0.717) is 12.3 Å². The molecule has 9 heteroatoms. The first-order chi connectivity index (χ1) is 22.5. The van der Waals surface area contributed by atoms with E-state index in [2.05, 4.69) is 44.3 Å². The predicted molar refractivity (Wildman–Crippen MR) is 179 cm³/mol. The summed E-state index contributed by atoms with van der Waals surface area (Å²) in [6, 6.07) is 22.0. The van der Waals surface area contributed by atoms with Gasteiger partial charge in [0.15, 0.2) is 0 Å². The molecule has 3 aromatic rings. The maximum atomic E-state index is 13.8. The average Bonchev–Trinajstić information content (AvgIpc) is 3.03. The van der Waals surface area contributed by atoms with Crippen molar-refractivity contribution in [2.24, 2.45) is 17.8 Å². The van der Waals surface area contributed by atoms with Crippen LogP contribution in [0.5, 0.6) is 11.5 Å². The summed E-state index contributed by atoms with van der Waals surface area (Å²) in [5, 5.41) is 26.4. The van der Waals surface area contributed by atoms with E-state index >= 15 is 0 Å². The molecule has 1 heterocycles. The Balaban J connectivity index is 0.00000325. The van der Waals surface area contributed by atoms with E-state index in [1.807, 2.05) is 48.5 Å². The normalized spacial score (nSPS) is 15.7. The second-order valence-electron chi connectivity index (χ2n) is 14.6. The molecule has 1 aliphatic carbocycles. The standard InChI is InChI=1S/C40H49NO6.2Na/c1-40(2,3)33-20-19-27(17-18-28(21-26-11-5-4-6-12-26)22-29(39(45)46)24-38(43)44)23-34(33)41-37(42)25-32-30-13-7-9-15-35(30)47-36-16-10-8-14-31(32)36;;/h7-10,13-16,19-20,23,26,28-29,32H,4-6,11-12,17-18,21-22,24-25H2,1-3H3,(H,41,42)(H,43,44)(H,45,46);;/q;2*+1/p-2. The van der Waals surface area contributed by atoms with Crippen LogP contribution in [-0.4, -0.2) is 17.8 Å². The van der Waals surface area contributed by atoms with Crippen molar-refractivity contribution in [3.8, 4) is 11.5 Å². The van der Waals surface area contributed by atoms with Gasteiger partial charge in [0.1, 0.15) is 11.5 Å². The van der Waals surface area contributed by atoms with E-state index in [1.165, 1.54) is 19.3 Å². The van der Waals surface area contributed by atoms with Crippen LogP contribution in [0.4, 0.5) is 5.69 Å². The van der Waals surface area contributed by atoms with E-state index in [1.54, 1.807) is 0 Å². The van der Waals surface area contributed by atoms with Crippen molar-refractivity contribution in [1.29, 1.82) is 0 Å². The van der Waals surface area contributed by atoms with Crippen LogP contribution in [0.1, 0.15) is 113 Å². The Kier molecular flexibility index (Phi) is 15.9.